The fourth-order valence-corrected chi connectivity index (χ4v) is 3.15. The number of hydrogen-bond donors (Lipinski definition) is 0. The summed E-state index contributed by atoms with van der Waals surface area (Å²) in [6, 6.07) is 5.90. The lowest BCUT2D eigenvalue weighted by Crippen LogP contribution is -2.15. The smallest absolute Gasteiger partial charge is 0.167 e. The van der Waals surface area contributed by atoms with Crippen LogP contribution in [-0.4, -0.2) is 33.0 Å². The lowest BCUT2D eigenvalue weighted by molar-refractivity contribution is 0.0836. The number of nitrogens with zero attached hydrogens (tertiary/aromatic N) is 4. The second-order valence-electron chi connectivity index (χ2n) is 6.12. The van der Waals surface area contributed by atoms with Crippen molar-refractivity contribution in [1.29, 1.82) is 0 Å². The van der Waals surface area contributed by atoms with E-state index in [0.717, 1.165) is 60.5 Å². The molecule has 124 valence electrons. The Morgan fingerprint density at radius 1 is 1.12 bits per heavy atom. The van der Waals surface area contributed by atoms with Crippen molar-refractivity contribution in [2.24, 2.45) is 0 Å². The molecule has 0 amide bonds. The van der Waals surface area contributed by atoms with Crippen molar-refractivity contribution in [3.05, 3.63) is 47.9 Å². The third-order valence-electron chi connectivity index (χ3n) is 4.40. The summed E-state index contributed by atoms with van der Waals surface area (Å²) in [5.74, 6) is 3.77. The van der Waals surface area contributed by atoms with E-state index in [-0.39, 0.29) is 0 Å². The summed E-state index contributed by atoms with van der Waals surface area (Å²) < 4.78 is 13.1. The van der Waals surface area contributed by atoms with Crippen LogP contribution >= 0.6 is 0 Å². The molecule has 4 rings (SSSR count). The van der Waals surface area contributed by atoms with Gasteiger partial charge >= 0.3 is 0 Å². The molecular weight excluding hydrogens is 304 g/mol. The van der Waals surface area contributed by atoms with E-state index in [0.29, 0.717) is 5.92 Å². The maximum atomic E-state index is 5.70. The average Bonchev–Trinajstić information content (AvgIpc) is 3.19. The Kier molecular flexibility index (Phi) is 3.90. The maximum Gasteiger partial charge on any atom is 0.167 e. The fraction of sp³-hybridized carbons (Fsp3) is 0.389. The first kappa shape index (κ1) is 15.1. The van der Waals surface area contributed by atoms with Crippen molar-refractivity contribution in [2.75, 3.05) is 13.2 Å². The van der Waals surface area contributed by atoms with Gasteiger partial charge in [0.2, 0.25) is 0 Å². The van der Waals surface area contributed by atoms with Gasteiger partial charge in [0.15, 0.2) is 11.6 Å². The summed E-state index contributed by atoms with van der Waals surface area (Å²) in [7, 11) is 0. The minimum atomic E-state index is 0.342. The molecule has 1 saturated heterocycles. The Morgan fingerprint density at radius 2 is 1.88 bits per heavy atom. The molecule has 0 unspecified atom stereocenters. The molecule has 0 radical (unpaired) electrons. The van der Waals surface area contributed by atoms with Crippen LogP contribution in [0.15, 0.2) is 35.0 Å². The molecule has 0 N–H and O–H groups in total. The van der Waals surface area contributed by atoms with Crippen LogP contribution < -0.4 is 0 Å². The minimum Gasteiger partial charge on any atom is -0.466 e. The van der Waals surface area contributed by atoms with Crippen LogP contribution in [0.3, 0.4) is 0 Å². The van der Waals surface area contributed by atoms with Gasteiger partial charge in [0.25, 0.3) is 0 Å². The Morgan fingerprint density at radius 3 is 2.54 bits per heavy atom. The number of aromatic nitrogens is 4. The number of hydrogen-bond acceptors (Lipinski definition) is 5. The molecule has 4 heterocycles. The van der Waals surface area contributed by atoms with Crippen molar-refractivity contribution < 1.29 is 9.15 Å². The molecule has 3 aromatic rings. The molecule has 0 spiro atoms. The van der Waals surface area contributed by atoms with Crippen LogP contribution in [0, 0.1) is 13.8 Å². The molecule has 24 heavy (non-hydrogen) atoms. The van der Waals surface area contributed by atoms with E-state index < -0.39 is 0 Å². The molecule has 1 fully saturated rings. The molecule has 0 atom stereocenters. The van der Waals surface area contributed by atoms with Crippen LogP contribution in [0.25, 0.3) is 17.1 Å². The van der Waals surface area contributed by atoms with Crippen molar-refractivity contribution in [1.82, 2.24) is 19.7 Å². The molecule has 0 aromatic carbocycles. The molecular formula is C18H20N4O2. The monoisotopic (exact) mass is 324 g/mol. The Bertz CT molecular complexity index is 832. The zero-order valence-electron chi connectivity index (χ0n) is 13.9. The summed E-state index contributed by atoms with van der Waals surface area (Å²) >= 11 is 0. The van der Waals surface area contributed by atoms with Gasteiger partial charge in [-0.05, 0) is 44.9 Å². The zero-order chi connectivity index (χ0) is 16.5. The number of ether oxygens (including phenoxy) is 1. The molecule has 1 aliphatic rings. The number of rotatable bonds is 3. The summed E-state index contributed by atoms with van der Waals surface area (Å²) in [5, 5.41) is 4.81. The van der Waals surface area contributed by atoms with Crippen molar-refractivity contribution in [3.8, 4) is 17.1 Å². The van der Waals surface area contributed by atoms with Gasteiger partial charge < -0.3 is 9.15 Å². The van der Waals surface area contributed by atoms with E-state index in [2.05, 4.69) is 4.98 Å². The highest BCUT2D eigenvalue weighted by Crippen LogP contribution is 2.31. The summed E-state index contributed by atoms with van der Waals surface area (Å²) in [6.07, 6.45) is 5.46. The molecule has 3 aromatic heterocycles. The third-order valence-corrected chi connectivity index (χ3v) is 4.40. The largest absolute Gasteiger partial charge is 0.466 e. The van der Waals surface area contributed by atoms with Gasteiger partial charge in [-0.1, -0.05) is 0 Å². The molecule has 1 aliphatic heterocycles. The third kappa shape index (κ3) is 2.73. The number of furan rings is 1. The van der Waals surface area contributed by atoms with Gasteiger partial charge in [0, 0.05) is 31.5 Å². The Balaban J connectivity index is 1.84. The van der Waals surface area contributed by atoms with Gasteiger partial charge in [-0.25, -0.2) is 9.67 Å². The predicted molar refractivity (Wildman–Crippen MR) is 89.1 cm³/mol. The van der Waals surface area contributed by atoms with Crippen molar-refractivity contribution >= 4 is 0 Å². The van der Waals surface area contributed by atoms with Crippen LogP contribution in [0.1, 0.15) is 36.1 Å². The van der Waals surface area contributed by atoms with E-state index in [4.69, 9.17) is 19.2 Å². The molecule has 0 saturated carbocycles. The highest BCUT2D eigenvalue weighted by atomic mass is 16.5. The molecule has 0 aliphatic carbocycles. The highest BCUT2D eigenvalue weighted by molar-refractivity contribution is 5.61. The topological polar surface area (TPSA) is 66.0 Å². The predicted octanol–water partition coefficient (Wildman–Crippen LogP) is 3.43. The van der Waals surface area contributed by atoms with Crippen molar-refractivity contribution in [2.45, 2.75) is 32.6 Å². The van der Waals surface area contributed by atoms with E-state index in [1.54, 1.807) is 12.4 Å². The summed E-state index contributed by atoms with van der Waals surface area (Å²) in [6.45, 7) is 5.45. The summed E-state index contributed by atoms with van der Waals surface area (Å²) in [5.41, 5.74) is 1.93. The first-order valence-electron chi connectivity index (χ1n) is 8.25. The van der Waals surface area contributed by atoms with Crippen LogP contribution in [0.4, 0.5) is 0 Å². The van der Waals surface area contributed by atoms with Crippen LogP contribution in [0.2, 0.25) is 0 Å². The molecule has 0 bridgehead atoms. The second-order valence-corrected chi connectivity index (χ2v) is 6.12. The summed E-state index contributed by atoms with van der Waals surface area (Å²) in [4.78, 5) is 8.97. The number of pyridine rings is 1. The van der Waals surface area contributed by atoms with E-state index >= 15 is 0 Å². The maximum absolute atomic E-state index is 5.70. The SMILES string of the molecule is Cc1cc(-c2nc(C3CCOCC3)nn2-c2ccncc2)c(C)o1. The molecule has 6 nitrogen and oxygen atoms in total. The van der Waals surface area contributed by atoms with E-state index in [9.17, 15) is 0 Å². The lowest BCUT2D eigenvalue weighted by Gasteiger charge is -2.18. The van der Waals surface area contributed by atoms with Gasteiger partial charge in [-0.2, -0.15) is 5.10 Å². The standard InChI is InChI=1S/C18H20N4O2/c1-12-11-16(13(2)24-12)18-20-17(14-5-9-23-10-6-14)21-22(18)15-3-7-19-8-4-15/h3-4,7-8,11,14H,5-6,9-10H2,1-2H3. The first-order chi connectivity index (χ1) is 11.7. The quantitative estimate of drug-likeness (QED) is 0.738. The van der Waals surface area contributed by atoms with Crippen molar-refractivity contribution in [3.63, 3.8) is 0 Å². The van der Waals surface area contributed by atoms with Gasteiger partial charge in [-0.3, -0.25) is 4.98 Å². The van der Waals surface area contributed by atoms with Crippen LogP contribution in [-0.2, 0) is 4.74 Å². The van der Waals surface area contributed by atoms with Gasteiger partial charge in [0.1, 0.15) is 11.5 Å². The Hall–Kier alpha value is -2.47. The highest BCUT2D eigenvalue weighted by Gasteiger charge is 2.24. The normalized spacial score (nSPS) is 15.8. The Labute approximate surface area is 140 Å². The lowest BCUT2D eigenvalue weighted by atomic mass is 10.00. The zero-order valence-corrected chi connectivity index (χ0v) is 13.9. The molecule has 6 heteroatoms. The first-order valence-corrected chi connectivity index (χ1v) is 8.25. The van der Waals surface area contributed by atoms with Gasteiger partial charge in [-0.15, -0.1) is 0 Å². The number of aryl methyl sites for hydroxylation is 2. The van der Waals surface area contributed by atoms with E-state index in [1.165, 1.54) is 0 Å². The van der Waals surface area contributed by atoms with Crippen LogP contribution in [0.5, 0.6) is 0 Å². The van der Waals surface area contributed by atoms with Gasteiger partial charge in [0.05, 0.1) is 11.3 Å². The fourth-order valence-electron chi connectivity index (χ4n) is 3.15. The van der Waals surface area contributed by atoms with E-state index in [1.807, 2.05) is 36.7 Å². The minimum absolute atomic E-state index is 0.342. The second kappa shape index (κ2) is 6.20. The average molecular weight is 324 g/mol.